The molecule has 3 rings (SSSR count). The zero-order valence-electron chi connectivity index (χ0n) is 13.5. The van der Waals surface area contributed by atoms with Crippen molar-refractivity contribution in [3.05, 3.63) is 28.7 Å². The van der Waals surface area contributed by atoms with Gasteiger partial charge in [-0.2, -0.15) is 0 Å². The summed E-state index contributed by atoms with van der Waals surface area (Å²) in [5.41, 5.74) is 0.905. The molecule has 10 heteroatoms. The van der Waals surface area contributed by atoms with Crippen molar-refractivity contribution in [2.75, 3.05) is 24.3 Å². The van der Waals surface area contributed by atoms with Crippen molar-refractivity contribution in [1.82, 2.24) is 20.1 Å². The molecule has 0 bridgehead atoms. The summed E-state index contributed by atoms with van der Waals surface area (Å²) in [6.07, 6.45) is 0.504. The molecule has 134 valence electrons. The Hall–Kier alpha value is -1.39. The molecule has 1 aliphatic rings. The first-order chi connectivity index (χ1) is 11.8. The Bertz CT molecular complexity index is 867. The topological polar surface area (TPSA) is 96.0 Å². The molecule has 7 nitrogen and oxygen atoms in total. The monoisotopic (exact) mass is 444 g/mol. The summed E-state index contributed by atoms with van der Waals surface area (Å²) in [5, 5.41) is 7.46. The second-order valence-electron chi connectivity index (χ2n) is 5.82. The Labute approximate surface area is 158 Å². The largest absolute Gasteiger partial charge is 0.341 e. The molecule has 1 saturated heterocycles. The average molecular weight is 445 g/mol. The number of rotatable bonds is 5. The van der Waals surface area contributed by atoms with Crippen LogP contribution in [0.15, 0.2) is 33.9 Å². The number of nitrogens with zero attached hydrogens (tertiary/aromatic N) is 3. The smallest absolute Gasteiger partial charge is 0.233 e. The molecule has 0 saturated carbocycles. The first-order valence-corrected chi connectivity index (χ1v) is 11.2. The second-order valence-corrected chi connectivity index (χ2v) is 9.91. The Morgan fingerprint density at radius 3 is 2.76 bits per heavy atom. The molecule has 1 atom stereocenters. The summed E-state index contributed by atoms with van der Waals surface area (Å²) in [6.45, 7) is 0. The fourth-order valence-electron chi connectivity index (χ4n) is 2.56. The van der Waals surface area contributed by atoms with Gasteiger partial charge < -0.3 is 4.90 Å². The van der Waals surface area contributed by atoms with Crippen molar-refractivity contribution in [2.45, 2.75) is 17.6 Å². The van der Waals surface area contributed by atoms with Gasteiger partial charge in [-0.1, -0.05) is 39.8 Å². The van der Waals surface area contributed by atoms with E-state index in [2.05, 4.69) is 31.1 Å². The Morgan fingerprint density at radius 2 is 2.12 bits per heavy atom. The van der Waals surface area contributed by atoms with Gasteiger partial charge in [-0.15, -0.1) is 5.10 Å². The van der Waals surface area contributed by atoms with Gasteiger partial charge in [-0.25, -0.2) is 13.4 Å². The number of benzene rings is 1. The van der Waals surface area contributed by atoms with E-state index < -0.39 is 9.84 Å². The van der Waals surface area contributed by atoms with E-state index in [0.29, 0.717) is 17.4 Å². The van der Waals surface area contributed by atoms with E-state index in [-0.39, 0.29) is 29.2 Å². The average Bonchev–Trinajstić information content (AvgIpc) is 3.19. The van der Waals surface area contributed by atoms with Crippen molar-refractivity contribution in [3.63, 3.8) is 0 Å². The third kappa shape index (κ3) is 4.62. The van der Waals surface area contributed by atoms with Crippen LogP contribution in [0, 0.1) is 0 Å². The van der Waals surface area contributed by atoms with Gasteiger partial charge in [-0.3, -0.25) is 9.89 Å². The Morgan fingerprint density at radius 1 is 1.40 bits per heavy atom. The predicted molar refractivity (Wildman–Crippen MR) is 100 cm³/mol. The molecule has 0 unspecified atom stereocenters. The van der Waals surface area contributed by atoms with Gasteiger partial charge in [-0.05, 0) is 18.6 Å². The fraction of sp³-hybridized carbons (Fsp3) is 0.400. The van der Waals surface area contributed by atoms with E-state index in [0.717, 1.165) is 10.0 Å². The van der Waals surface area contributed by atoms with Crippen molar-refractivity contribution in [2.24, 2.45) is 0 Å². The quantitative estimate of drug-likeness (QED) is 0.708. The third-order valence-corrected chi connectivity index (χ3v) is 7.17. The molecule has 1 aromatic heterocycles. The maximum absolute atomic E-state index is 12.3. The highest BCUT2D eigenvalue weighted by molar-refractivity contribution is 9.10. The zero-order chi connectivity index (χ0) is 18.0. The van der Waals surface area contributed by atoms with Crippen molar-refractivity contribution in [3.8, 4) is 11.4 Å². The lowest BCUT2D eigenvalue weighted by molar-refractivity contribution is -0.128. The van der Waals surface area contributed by atoms with Crippen LogP contribution >= 0.6 is 27.7 Å². The maximum atomic E-state index is 12.3. The first kappa shape index (κ1) is 18.4. The molecule has 1 N–H and O–H groups in total. The SMILES string of the molecule is CN(C(=O)CSc1n[nH]c(-c2ccc(Br)cc2)n1)[C@H]1CCS(=O)(=O)C1. The summed E-state index contributed by atoms with van der Waals surface area (Å²) in [7, 11) is -1.35. The van der Waals surface area contributed by atoms with Gasteiger partial charge in [0, 0.05) is 23.1 Å². The molecule has 1 aromatic carbocycles. The van der Waals surface area contributed by atoms with E-state index in [4.69, 9.17) is 0 Å². The lowest BCUT2D eigenvalue weighted by atomic mass is 10.2. The van der Waals surface area contributed by atoms with Gasteiger partial charge >= 0.3 is 0 Å². The minimum Gasteiger partial charge on any atom is -0.341 e. The summed E-state index contributed by atoms with van der Waals surface area (Å²) in [6, 6.07) is 7.43. The van der Waals surface area contributed by atoms with Crippen LogP contribution in [0.25, 0.3) is 11.4 Å². The number of aromatic nitrogens is 3. The molecule has 2 heterocycles. The van der Waals surface area contributed by atoms with Gasteiger partial charge in [0.25, 0.3) is 0 Å². The molecule has 25 heavy (non-hydrogen) atoms. The highest BCUT2D eigenvalue weighted by atomic mass is 79.9. The standard InChI is InChI=1S/C15H17BrN4O3S2/c1-20(12-6-7-25(22,23)9-12)13(21)8-24-15-17-14(18-19-15)10-2-4-11(16)5-3-10/h2-5,12H,6-9H2,1H3,(H,17,18,19)/t12-/m0/s1. The molecular weight excluding hydrogens is 428 g/mol. The van der Waals surface area contributed by atoms with Crippen LogP contribution in [0.1, 0.15) is 6.42 Å². The van der Waals surface area contributed by atoms with Crippen LogP contribution in [0.3, 0.4) is 0 Å². The molecule has 1 aliphatic heterocycles. The minimum absolute atomic E-state index is 0.0499. The van der Waals surface area contributed by atoms with E-state index >= 15 is 0 Å². The van der Waals surface area contributed by atoms with E-state index in [1.807, 2.05) is 24.3 Å². The summed E-state index contributed by atoms with van der Waals surface area (Å²) >= 11 is 4.61. The number of hydrogen-bond acceptors (Lipinski definition) is 6. The summed E-state index contributed by atoms with van der Waals surface area (Å²) < 4.78 is 24.1. The van der Waals surface area contributed by atoms with Gasteiger partial charge in [0.2, 0.25) is 11.1 Å². The van der Waals surface area contributed by atoms with Crippen LogP contribution < -0.4 is 0 Å². The van der Waals surface area contributed by atoms with Crippen LogP contribution in [0.4, 0.5) is 0 Å². The number of hydrogen-bond donors (Lipinski definition) is 1. The molecule has 0 aliphatic carbocycles. The number of halogens is 1. The lowest BCUT2D eigenvalue weighted by Crippen LogP contribution is -2.38. The Kier molecular flexibility index (Phi) is 5.49. The maximum Gasteiger partial charge on any atom is 0.233 e. The van der Waals surface area contributed by atoms with E-state index in [1.54, 1.807) is 7.05 Å². The Balaban J connectivity index is 1.57. The molecule has 1 amide bonds. The number of sulfone groups is 1. The summed E-state index contributed by atoms with van der Waals surface area (Å²) in [4.78, 5) is 18.2. The minimum atomic E-state index is -3.01. The number of nitrogens with one attached hydrogen (secondary N) is 1. The van der Waals surface area contributed by atoms with E-state index in [1.165, 1.54) is 16.7 Å². The third-order valence-electron chi connectivity index (χ3n) is 4.06. The van der Waals surface area contributed by atoms with E-state index in [9.17, 15) is 13.2 Å². The second kappa shape index (κ2) is 7.46. The first-order valence-electron chi connectivity index (χ1n) is 7.61. The number of carbonyl (C=O) groups excluding carboxylic acids is 1. The number of H-pyrrole nitrogens is 1. The van der Waals surface area contributed by atoms with Crippen LogP contribution in [0.5, 0.6) is 0 Å². The molecule has 0 radical (unpaired) electrons. The van der Waals surface area contributed by atoms with Crippen LogP contribution in [0.2, 0.25) is 0 Å². The van der Waals surface area contributed by atoms with Crippen molar-refractivity contribution < 1.29 is 13.2 Å². The van der Waals surface area contributed by atoms with Crippen LogP contribution in [-0.2, 0) is 14.6 Å². The number of carbonyl (C=O) groups is 1. The van der Waals surface area contributed by atoms with Gasteiger partial charge in [0.15, 0.2) is 15.7 Å². The predicted octanol–water partition coefficient (Wildman–Crippen LogP) is 1.97. The van der Waals surface area contributed by atoms with Crippen LogP contribution in [-0.4, -0.2) is 64.8 Å². The van der Waals surface area contributed by atoms with Gasteiger partial charge in [0.05, 0.1) is 17.3 Å². The van der Waals surface area contributed by atoms with Gasteiger partial charge in [0.1, 0.15) is 0 Å². The van der Waals surface area contributed by atoms with Crippen molar-refractivity contribution >= 4 is 43.4 Å². The highest BCUT2D eigenvalue weighted by Gasteiger charge is 2.32. The summed E-state index contributed by atoms with van der Waals surface area (Å²) in [5.74, 6) is 0.888. The lowest BCUT2D eigenvalue weighted by Gasteiger charge is -2.22. The zero-order valence-corrected chi connectivity index (χ0v) is 16.7. The molecule has 2 aromatic rings. The normalized spacial score (nSPS) is 19.0. The number of thioether (sulfide) groups is 1. The molecule has 0 spiro atoms. The molecular formula is C15H17BrN4O3S2. The number of aromatic amines is 1. The number of amides is 1. The highest BCUT2D eigenvalue weighted by Crippen LogP contribution is 2.22. The molecule has 1 fully saturated rings. The van der Waals surface area contributed by atoms with Crippen molar-refractivity contribution in [1.29, 1.82) is 0 Å². The fourth-order valence-corrected chi connectivity index (χ4v) is 5.32.